The van der Waals surface area contributed by atoms with E-state index in [1.807, 2.05) is 0 Å². The first-order chi connectivity index (χ1) is 18.6. The van der Waals surface area contributed by atoms with Gasteiger partial charge in [0.05, 0.1) is 19.4 Å². The number of aromatic nitrogens is 2. The van der Waals surface area contributed by atoms with Crippen LogP contribution in [0.3, 0.4) is 0 Å². The molecular weight excluding hydrogens is 528 g/mol. The summed E-state index contributed by atoms with van der Waals surface area (Å²) in [5, 5.41) is 2.63. The number of hydrogen-bond acceptors (Lipinski definition) is 10. The molecule has 1 heterocycles. The summed E-state index contributed by atoms with van der Waals surface area (Å²) in [5.41, 5.74) is 4.77. The van der Waals surface area contributed by atoms with E-state index >= 15 is 0 Å². The summed E-state index contributed by atoms with van der Waals surface area (Å²) in [7, 11) is 1.09. The molecule has 39 heavy (non-hydrogen) atoms. The van der Waals surface area contributed by atoms with Gasteiger partial charge in [-0.2, -0.15) is 0 Å². The van der Waals surface area contributed by atoms with Gasteiger partial charge in [0.1, 0.15) is 17.9 Å². The zero-order valence-corrected chi connectivity index (χ0v) is 22.0. The number of Topliss-reactive ketones (excluding diaryl/α,β-unsaturated/α-hetero) is 1. The minimum Gasteiger partial charge on any atom is -0.468 e. The lowest BCUT2D eigenvalue weighted by Crippen LogP contribution is -2.46. The van der Waals surface area contributed by atoms with Crippen molar-refractivity contribution in [3.63, 3.8) is 0 Å². The number of methoxy groups -OCH3 is 1. The Bertz CT molecular complexity index is 1500. The van der Waals surface area contributed by atoms with Crippen LogP contribution in [0.1, 0.15) is 22.8 Å². The monoisotopic (exact) mass is 554 g/mol. The van der Waals surface area contributed by atoms with Crippen LogP contribution in [0, 0.1) is 0 Å². The Balaban J connectivity index is 1.77. The molecule has 1 amide bonds. The van der Waals surface area contributed by atoms with Gasteiger partial charge in [-0.15, -0.1) is 11.8 Å². The number of ketones is 1. The fourth-order valence-electron chi connectivity index (χ4n) is 3.47. The first-order valence-electron chi connectivity index (χ1n) is 11.5. The van der Waals surface area contributed by atoms with Gasteiger partial charge in [0.25, 0.3) is 5.56 Å². The Labute approximate surface area is 226 Å². The maximum atomic E-state index is 13.0. The van der Waals surface area contributed by atoms with E-state index in [1.54, 1.807) is 54.6 Å². The van der Waals surface area contributed by atoms with E-state index in [-0.39, 0.29) is 18.2 Å². The first kappa shape index (κ1) is 28.9. The predicted octanol–water partition coefficient (Wildman–Crippen LogP) is 1.29. The van der Waals surface area contributed by atoms with E-state index in [2.05, 4.69) is 10.1 Å². The molecule has 1 aromatic heterocycles. The minimum atomic E-state index is -1.10. The van der Waals surface area contributed by atoms with Crippen molar-refractivity contribution < 1.29 is 28.7 Å². The summed E-state index contributed by atoms with van der Waals surface area (Å²) in [6.07, 6.45) is 0. The van der Waals surface area contributed by atoms with Crippen LogP contribution in [-0.2, 0) is 36.9 Å². The lowest BCUT2D eigenvalue weighted by molar-refractivity contribution is -0.141. The summed E-state index contributed by atoms with van der Waals surface area (Å²) in [6, 6.07) is 15.4. The average molecular weight is 555 g/mol. The van der Waals surface area contributed by atoms with Crippen molar-refractivity contribution >= 4 is 46.9 Å². The Kier molecular flexibility index (Phi) is 9.81. The summed E-state index contributed by atoms with van der Waals surface area (Å²) in [5.74, 6) is -3.30. The van der Waals surface area contributed by atoms with Crippen molar-refractivity contribution in [2.75, 3.05) is 30.5 Å². The molecule has 2 aromatic carbocycles. The van der Waals surface area contributed by atoms with Crippen molar-refractivity contribution in [3.8, 4) is 0 Å². The lowest BCUT2D eigenvalue weighted by Gasteiger charge is -2.16. The summed E-state index contributed by atoms with van der Waals surface area (Å²) in [4.78, 5) is 75.0. The molecule has 0 aliphatic carbocycles. The maximum Gasteiger partial charge on any atom is 0.333 e. The average Bonchev–Trinajstić information content (AvgIpc) is 2.92. The molecule has 12 nitrogen and oxygen atoms in total. The topological polar surface area (TPSA) is 169 Å². The Morgan fingerprint density at radius 2 is 1.62 bits per heavy atom. The van der Waals surface area contributed by atoms with Gasteiger partial charge in [0.2, 0.25) is 11.7 Å². The van der Waals surface area contributed by atoms with Gasteiger partial charge in [-0.1, -0.05) is 30.3 Å². The van der Waals surface area contributed by atoms with E-state index in [0.717, 1.165) is 28.3 Å². The van der Waals surface area contributed by atoms with Crippen molar-refractivity contribution in [2.45, 2.75) is 24.9 Å². The van der Waals surface area contributed by atoms with E-state index < -0.39 is 53.5 Å². The highest BCUT2D eigenvalue weighted by Gasteiger charge is 2.25. The van der Waals surface area contributed by atoms with Gasteiger partial charge < -0.3 is 20.5 Å². The minimum absolute atomic E-state index is 0.0790. The van der Waals surface area contributed by atoms with Gasteiger partial charge in [-0.05, 0) is 29.8 Å². The van der Waals surface area contributed by atoms with Gasteiger partial charge in [-0.3, -0.25) is 28.5 Å². The van der Waals surface area contributed by atoms with Crippen LogP contribution in [-0.4, -0.2) is 52.2 Å². The molecule has 0 bridgehead atoms. The molecule has 0 radical (unpaired) electrons. The van der Waals surface area contributed by atoms with Gasteiger partial charge in [0, 0.05) is 17.5 Å². The number of carbonyl (C=O) groups is 4. The fraction of sp³-hybridized carbons (Fsp3) is 0.231. The third-order valence-corrected chi connectivity index (χ3v) is 6.33. The van der Waals surface area contributed by atoms with Crippen LogP contribution in [0.25, 0.3) is 0 Å². The second kappa shape index (κ2) is 13.2. The molecule has 0 unspecified atom stereocenters. The van der Waals surface area contributed by atoms with Crippen molar-refractivity contribution in [2.24, 2.45) is 0 Å². The molecule has 0 aliphatic rings. The Morgan fingerprint density at radius 3 is 2.23 bits per heavy atom. The third-order valence-electron chi connectivity index (χ3n) is 5.34. The molecule has 0 atom stereocenters. The Morgan fingerprint density at radius 1 is 0.949 bits per heavy atom. The van der Waals surface area contributed by atoms with Crippen LogP contribution in [0.4, 0.5) is 11.5 Å². The highest BCUT2D eigenvalue weighted by molar-refractivity contribution is 8.00. The molecule has 0 aliphatic heterocycles. The summed E-state index contributed by atoms with van der Waals surface area (Å²) < 4.78 is 11.2. The largest absolute Gasteiger partial charge is 0.468 e. The van der Waals surface area contributed by atoms with Gasteiger partial charge in [0.15, 0.2) is 6.61 Å². The maximum absolute atomic E-state index is 13.0. The number of esters is 2. The molecular formula is C26H26N4O8S. The zero-order chi connectivity index (χ0) is 28.5. The third kappa shape index (κ3) is 7.68. The number of nitrogen functional groups attached to an aromatic ring is 1. The number of nitrogens with two attached hydrogens (primary N) is 1. The van der Waals surface area contributed by atoms with Crippen LogP contribution in [0.5, 0.6) is 0 Å². The SMILES string of the molecule is COC(=O)Cn1c(=O)c(C(=O)COC(=O)CSc2ccc(NC(C)=O)cc2)c(N)n(Cc2ccccc2)c1=O. The van der Waals surface area contributed by atoms with Crippen LogP contribution < -0.4 is 22.3 Å². The lowest BCUT2D eigenvalue weighted by atomic mass is 10.2. The number of nitrogens with zero attached hydrogens (tertiary/aromatic N) is 2. The van der Waals surface area contributed by atoms with Crippen LogP contribution in [0.2, 0.25) is 0 Å². The number of thioether (sulfide) groups is 1. The van der Waals surface area contributed by atoms with E-state index in [0.29, 0.717) is 15.8 Å². The number of ether oxygens (including phenoxy) is 2. The number of anilines is 2. The van der Waals surface area contributed by atoms with Crippen LogP contribution in [0.15, 0.2) is 69.1 Å². The molecule has 204 valence electrons. The van der Waals surface area contributed by atoms with E-state index in [9.17, 15) is 28.8 Å². The van der Waals surface area contributed by atoms with Gasteiger partial charge >= 0.3 is 17.6 Å². The summed E-state index contributed by atoms with van der Waals surface area (Å²) in [6.45, 7) is -0.229. The number of amides is 1. The van der Waals surface area contributed by atoms with Crippen molar-refractivity contribution in [3.05, 3.63) is 86.6 Å². The molecule has 0 spiro atoms. The molecule has 0 saturated heterocycles. The van der Waals surface area contributed by atoms with Crippen LogP contribution >= 0.6 is 11.8 Å². The highest BCUT2D eigenvalue weighted by Crippen LogP contribution is 2.20. The second-order valence-electron chi connectivity index (χ2n) is 8.16. The second-order valence-corrected chi connectivity index (χ2v) is 9.21. The molecule has 3 aromatic rings. The number of nitrogens with one attached hydrogen (secondary N) is 1. The summed E-state index contributed by atoms with van der Waals surface area (Å²) >= 11 is 1.14. The molecule has 3 N–H and O–H groups in total. The number of carbonyl (C=O) groups excluding carboxylic acids is 4. The molecule has 13 heteroatoms. The number of rotatable bonds is 11. The van der Waals surface area contributed by atoms with E-state index in [4.69, 9.17) is 10.5 Å². The highest BCUT2D eigenvalue weighted by atomic mass is 32.2. The smallest absolute Gasteiger partial charge is 0.333 e. The quantitative estimate of drug-likeness (QED) is 0.200. The fourth-order valence-corrected chi connectivity index (χ4v) is 4.17. The Hall–Kier alpha value is -4.65. The van der Waals surface area contributed by atoms with E-state index in [1.165, 1.54) is 6.92 Å². The first-order valence-corrected chi connectivity index (χ1v) is 12.5. The predicted molar refractivity (Wildman–Crippen MR) is 144 cm³/mol. The normalized spacial score (nSPS) is 10.5. The molecule has 3 rings (SSSR count). The zero-order valence-electron chi connectivity index (χ0n) is 21.2. The molecule has 0 fully saturated rings. The number of hydrogen-bond donors (Lipinski definition) is 2. The number of benzene rings is 2. The van der Waals surface area contributed by atoms with Crippen molar-refractivity contribution in [1.82, 2.24) is 9.13 Å². The van der Waals surface area contributed by atoms with Gasteiger partial charge in [-0.25, -0.2) is 9.36 Å². The van der Waals surface area contributed by atoms with Crippen molar-refractivity contribution in [1.29, 1.82) is 0 Å². The molecule has 0 saturated carbocycles. The standard InChI is InChI=1S/C26H26N4O8S/c1-16(31)28-18-8-10-19(11-9-18)39-15-22(34)38-14-20(32)23-24(27)29(12-17-6-4-3-5-7-17)26(36)30(25(23)35)13-21(33)37-2/h3-11H,12-15,27H2,1-2H3,(H,28,31).